The summed E-state index contributed by atoms with van der Waals surface area (Å²) in [7, 11) is 0. The van der Waals surface area contributed by atoms with E-state index in [4.69, 9.17) is 19.7 Å². The smallest absolute Gasteiger partial charge is 0.174 e. The van der Waals surface area contributed by atoms with Gasteiger partial charge in [0, 0.05) is 39.2 Å². The molecule has 4 heterocycles. The Morgan fingerprint density at radius 2 is 1.83 bits per heavy atom. The molecule has 0 amide bonds. The van der Waals surface area contributed by atoms with Gasteiger partial charge in [0.1, 0.15) is 11.4 Å². The van der Waals surface area contributed by atoms with Crippen molar-refractivity contribution in [2.45, 2.75) is 58.8 Å². The Balaban J connectivity index is 1.34. The van der Waals surface area contributed by atoms with Crippen LogP contribution in [0.4, 0.5) is 0 Å². The molecule has 0 N–H and O–H groups in total. The molecule has 0 spiro atoms. The van der Waals surface area contributed by atoms with Crippen molar-refractivity contribution >= 4 is 23.3 Å². The monoisotopic (exact) mass is 602 g/mol. The molecular formula is C41H38N4O. The van der Waals surface area contributed by atoms with Crippen LogP contribution >= 0.6 is 0 Å². The largest absolute Gasteiger partial charge is 0.454 e. The fraction of sp³-hybridized carbons (Fsp3) is 0.244. The molecule has 5 nitrogen and oxygen atoms in total. The summed E-state index contributed by atoms with van der Waals surface area (Å²) in [6.07, 6.45) is 31.5. The van der Waals surface area contributed by atoms with Crippen molar-refractivity contribution in [3.05, 3.63) is 125 Å². The van der Waals surface area contributed by atoms with Gasteiger partial charge in [-0.2, -0.15) is 0 Å². The van der Waals surface area contributed by atoms with Gasteiger partial charge in [0.25, 0.3) is 0 Å². The molecule has 3 aliphatic carbocycles. The minimum Gasteiger partial charge on any atom is -0.454 e. The Kier molecular flexibility index (Phi) is 7.45. The third-order valence-corrected chi connectivity index (χ3v) is 9.37. The average molecular weight is 603 g/mol. The maximum atomic E-state index is 6.68. The topological polar surface area (TPSA) is 51.8 Å². The molecule has 0 radical (unpaired) electrons. The normalized spacial score (nSPS) is 18.4. The van der Waals surface area contributed by atoms with E-state index in [1.165, 1.54) is 39.2 Å². The Hall–Kier alpha value is -5.03. The number of allylic oxidation sites excluding steroid dienone is 12. The van der Waals surface area contributed by atoms with E-state index in [1.54, 1.807) is 0 Å². The van der Waals surface area contributed by atoms with Crippen molar-refractivity contribution in [1.82, 2.24) is 9.55 Å². The van der Waals surface area contributed by atoms with E-state index >= 15 is 0 Å². The molecule has 8 rings (SSSR count). The third-order valence-electron chi connectivity index (χ3n) is 9.37. The van der Waals surface area contributed by atoms with Crippen LogP contribution in [0, 0.1) is 0 Å². The summed E-state index contributed by atoms with van der Waals surface area (Å²) in [5.41, 5.74) is 13.7. The molecule has 0 saturated carbocycles. The fourth-order valence-electron chi connectivity index (χ4n) is 7.17. The van der Waals surface area contributed by atoms with Crippen molar-refractivity contribution in [3.63, 3.8) is 0 Å². The van der Waals surface area contributed by atoms with Crippen molar-refractivity contribution in [1.29, 1.82) is 0 Å². The standard InChI is InChI=1S/C41H38N4O/c1-3-4-6-15-27(2)45-35-22-13-11-20-31(35)38-33-24-34(42-26-37(33)46-36-23-14-12-21-32(36)40(38)45)41-43-25-29-18-9-10-19-30(29)39(44-41)28-16-7-5-8-17-28/h4,6-7,10-12,14-17,19-21,23-24,26H,3,5,8-9,13,18,22,25H2,1-2H3/b6-4-,27-15+. The van der Waals surface area contributed by atoms with Crippen LogP contribution in [0.25, 0.3) is 34.2 Å². The number of aliphatic imine (C=N–C) groups is 2. The predicted octanol–water partition coefficient (Wildman–Crippen LogP) is 10.2. The number of para-hydroxylation sites is 1. The number of benzene rings is 1. The Morgan fingerprint density at radius 1 is 0.957 bits per heavy atom. The quantitative estimate of drug-likeness (QED) is 0.213. The highest BCUT2D eigenvalue weighted by Crippen LogP contribution is 2.52. The number of rotatable bonds is 5. The molecule has 0 fully saturated rings. The molecule has 2 aromatic heterocycles. The number of fused-ring (bicyclic) bond motifs is 7. The molecule has 0 bridgehead atoms. The van der Waals surface area contributed by atoms with Crippen molar-refractivity contribution in [3.8, 4) is 33.9 Å². The molecule has 3 aromatic rings. The number of hydrogen-bond acceptors (Lipinski definition) is 4. The average Bonchev–Trinajstić information content (AvgIpc) is 3.22. The summed E-state index contributed by atoms with van der Waals surface area (Å²) in [4.78, 5) is 15.3. The van der Waals surface area contributed by atoms with Gasteiger partial charge in [-0.1, -0.05) is 73.7 Å². The highest BCUT2D eigenvalue weighted by atomic mass is 16.5. The van der Waals surface area contributed by atoms with E-state index in [9.17, 15) is 0 Å². The zero-order valence-corrected chi connectivity index (χ0v) is 26.6. The van der Waals surface area contributed by atoms with Crippen LogP contribution in [0.3, 0.4) is 0 Å². The van der Waals surface area contributed by atoms with Gasteiger partial charge < -0.3 is 9.30 Å². The summed E-state index contributed by atoms with van der Waals surface area (Å²) < 4.78 is 9.14. The van der Waals surface area contributed by atoms with Gasteiger partial charge in [-0.05, 0) is 87.3 Å². The van der Waals surface area contributed by atoms with Gasteiger partial charge in [0.05, 0.1) is 24.1 Å². The molecular weight excluding hydrogens is 564 g/mol. The zero-order chi connectivity index (χ0) is 31.0. The van der Waals surface area contributed by atoms with Gasteiger partial charge in [-0.15, -0.1) is 0 Å². The van der Waals surface area contributed by atoms with Gasteiger partial charge >= 0.3 is 0 Å². The lowest BCUT2D eigenvalue weighted by Crippen LogP contribution is -2.12. The number of aromatic nitrogens is 2. The minimum atomic E-state index is 0.634. The highest BCUT2D eigenvalue weighted by Gasteiger charge is 2.32. The lowest BCUT2D eigenvalue weighted by Gasteiger charge is -2.17. The van der Waals surface area contributed by atoms with Crippen LogP contribution in [-0.2, 0) is 6.42 Å². The number of nitrogens with zero attached hydrogens (tertiary/aromatic N) is 4. The van der Waals surface area contributed by atoms with Crippen LogP contribution in [-0.4, -0.2) is 27.6 Å². The molecule has 228 valence electrons. The number of ether oxygens (including phenoxy) is 1. The first-order valence-corrected chi connectivity index (χ1v) is 16.7. The maximum absolute atomic E-state index is 6.68. The van der Waals surface area contributed by atoms with Crippen LogP contribution in [0.2, 0.25) is 0 Å². The zero-order valence-electron chi connectivity index (χ0n) is 26.6. The number of hydrogen-bond donors (Lipinski definition) is 0. The Labute approximate surface area is 271 Å². The SMILES string of the molecule is CC/C=C\C=C(/C)n1c2c(c3c1-c1ccccc1Oc1cnc(C4=NCC5=C(C=CCC5)C(C5=CCCC=C5)=N4)cc1-3)C=CCC2. The lowest BCUT2D eigenvalue weighted by atomic mass is 9.89. The van der Waals surface area contributed by atoms with Crippen molar-refractivity contribution in [2.24, 2.45) is 9.98 Å². The molecule has 1 aromatic carbocycles. The first-order chi connectivity index (χ1) is 22.7. The first-order valence-electron chi connectivity index (χ1n) is 16.7. The molecule has 0 atom stereocenters. The highest BCUT2D eigenvalue weighted by molar-refractivity contribution is 6.22. The molecule has 46 heavy (non-hydrogen) atoms. The van der Waals surface area contributed by atoms with Gasteiger partial charge in [0.2, 0.25) is 0 Å². The molecule has 2 aliphatic heterocycles. The minimum absolute atomic E-state index is 0.634. The number of amidine groups is 1. The predicted molar refractivity (Wildman–Crippen MR) is 191 cm³/mol. The second-order valence-corrected chi connectivity index (χ2v) is 12.4. The van der Waals surface area contributed by atoms with E-state index in [1.807, 2.05) is 12.3 Å². The molecule has 0 saturated heterocycles. The maximum Gasteiger partial charge on any atom is 0.174 e. The lowest BCUT2D eigenvalue weighted by molar-refractivity contribution is 0.485. The second kappa shape index (κ2) is 12.1. The van der Waals surface area contributed by atoms with Crippen molar-refractivity contribution in [2.75, 3.05) is 6.54 Å². The van der Waals surface area contributed by atoms with Crippen LogP contribution < -0.4 is 4.74 Å². The Morgan fingerprint density at radius 3 is 2.72 bits per heavy atom. The summed E-state index contributed by atoms with van der Waals surface area (Å²) in [6, 6.07) is 10.5. The van der Waals surface area contributed by atoms with Gasteiger partial charge in [-0.3, -0.25) is 4.99 Å². The number of pyridine rings is 1. The molecule has 5 heteroatoms. The fourth-order valence-corrected chi connectivity index (χ4v) is 7.17. The van der Waals surface area contributed by atoms with Gasteiger partial charge in [0.15, 0.2) is 11.6 Å². The van der Waals surface area contributed by atoms with E-state index in [2.05, 4.69) is 103 Å². The summed E-state index contributed by atoms with van der Waals surface area (Å²) in [5, 5.41) is 0. The van der Waals surface area contributed by atoms with E-state index in [-0.39, 0.29) is 0 Å². The van der Waals surface area contributed by atoms with Crippen LogP contribution in [0.15, 0.2) is 118 Å². The van der Waals surface area contributed by atoms with Crippen molar-refractivity contribution < 1.29 is 4.74 Å². The van der Waals surface area contributed by atoms with E-state index in [0.717, 1.165) is 84.7 Å². The van der Waals surface area contributed by atoms with E-state index < -0.39 is 0 Å². The molecule has 0 unspecified atom stereocenters. The first kappa shape index (κ1) is 28.4. The summed E-state index contributed by atoms with van der Waals surface area (Å²) in [6.45, 7) is 5.01. The second-order valence-electron chi connectivity index (χ2n) is 12.4. The Bertz CT molecular complexity index is 2040. The van der Waals surface area contributed by atoms with E-state index in [0.29, 0.717) is 12.4 Å². The van der Waals surface area contributed by atoms with Crippen LogP contribution in [0.5, 0.6) is 11.5 Å². The summed E-state index contributed by atoms with van der Waals surface area (Å²) in [5.74, 6) is 2.26. The van der Waals surface area contributed by atoms with Gasteiger partial charge in [-0.25, -0.2) is 9.98 Å². The molecule has 5 aliphatic rings. The third kappa shape index (κ3) is 4.91. The van der Waals surface area contributed by atoms with Crippen LogP contribution in [0.1, 0.15) is 69.3 Å². The summed E-state index contributed by atoms with van der Waals surface area (Å²) >= 11 is 0.